The highest BCUT2D eigenvalue weighted by Gasteiger charge is 2.09. The Morgan fingerprint density at radius 3 is 2.63 bits per heavy atom. The minimum absolute atomic E-state index is 0.398. The molecule has 1 aromatic carbocycles. The van der Waals surface area contributed by atoms with E-state index in [1.54, 1.807) is 22.9 Å². The number of nitrogens with two attached hydrogens (primary N) is 1. The first kappa shape index (κ1) is 11.9. The molecule has 96 valence electrons. The number of hydrogen-bond acceptors (Lipinski definition) is 2. The van der Waals surface area contributed by atoms with Gasteiger partial charge in [0.2, 0.25) is 0 Å². The monoisotopic (exact) mass is 279 g/mol. The van der Waals surface area contributed by atoms with Gasteiger partial charge in [0, 0.05) is 24.0 Å². The van der Waals surface area contributed by atoms with Crippen molar-refractivity contribution >= 4 is 22.9 Å². The van der Waals surface area contributed by atoms with E-state index in [1.165, 1.54) is 6.07 Å². The van der Waals surface area contributed by atoms with E-state index in [-0.39, 0.29) is 0 Å². The highest BCUT2D eigenvalue weighted by Crippen LogP contribution is 2.25. The molecule has 0 saturated heterocycles. The Hall–Kier alpha value is -2.14. The van der Waals surface area contributed by atoms with Crippen molar-refractivity contribution in [1.82, 2.24) is 9.38 Å². The molecule has 3 aromatic rings. The van der Waals surface area contributed by atoms with Crippen molar-refractivity contribution in [3.63, 3.8) is 0 Å². The fourth-order valence-electron chi connectivity index (χ4n) is 1.82. The molecule has 2 N–H and O–H groups in total. The molecule has 0 saturated carbocycles. The summed E-state index contributed by atoms with van der Waals surface area (Å²) in [6, 6.07) is 5.24. The van der Waals surface area contributed by atoms with Gasteiger partial charge in [0.15, 0.2) is 11.6 Å². The minimum Gasteiger partial charge on any atom is -0.396 e. The second-order valence-electron chi connectivity index (χ2n) is 4.10. The molecule has 0 radical (unpaired) electrons. The molecular formula is C13H8ClF2N3. The molecular weight excluding hydrogens is 272 g/mol. The van der Waals surface area contributed by atoms with Crippen LogP contribution in [0.15, 0.2) is 36.7 Å². The van der Waals surface area contributed by atoms with Gasteiger partial charge >= 0.3 is 0 Å². The predicted octanol–water partition coefficient (Wildman–Crippen LogP) is 3.52. The summed E-state index contributed by atoms with van der Waals surface area (Å²) >= 11 is 5.90. The molecule has 19 heavy (non-hydrogen) atoms. The van der Waals surface area contributed by atoms with Crippen LogP contribution in [0.1, 0.15) is 0 Å². The number of rotatable bonds is 1. The van der Waals surface area contributed by atoms with Gasteiger partial charge in [-0.1, -0.05) is 11.6 Å². The molecule has 0 unspecified atom stereocenters. The molecule has 0 amide bonds. The lowest BCUT2D eigenvalue weighted by Gasteiger charge is -1.97. The summed E-state index contributed by atoms with van der Waals surface area (Å²) in [5.41, 5.74) is 7.69. The molecule has 2 heterocycles. The summed E-state index contributed by atoms with van der Waals surface area (Å²) in [4.78, 5) is 4.29. The number of nitrogen functional groups attached to an aromatic ring is 1. The third-order valence-electron chi connectivity index (χ3n) is 2.79. The van der Waals surface area contributed by atoms with E-state index in [4.69, 9.17) is 17.3 Å². The van der Waals surface area contributed by atoms with Crippen molar-refractivity contribution in [2.75, 3.05) is 5.73 Å². The van der Waals surface area contributed by atoms with Gasteiger partial charge in [-0.25, -0.2) is 13.8 Å². The molecule has 0 aliphatic carbocycles. The first-order valence-electron chi connectivity index (χ1n) is 5.44. The van der Waals surface area contributed by atoms with Gasteiger partial charge in [-0.3, -0.25) is 0 Å². The summed E-state index contributed by atoms with van der Waals surface area (Å²) in [5.74, 6) is -1.80. The maximum Gasteiger partial charge on any atom is 0.159 e. The zero-order valence-corrected chi connectivity index (χ0v) is 10.3. The zero-order chi connectivity index (χ0) is 13.6. The number of imidazole rings is 1. The Labute approximate surface area is 112 Å². The average Bonchev–Trinajstić information content (AvgIpc) is 2.76. The Kier molecular flexibility index (Phi) is 2.64. The highest BCUT2D eigenvalue weighted by atomic mass is 35.5. The Balaban J connectivity index is 2.17. The number of nitrogens with zero attached hydrogens (tertiary/aromatic N) is 2. The van der Waals surface area contributed by atoms with E-state index in [2.05, 4.69) is 4.98 Å². The number of pyridine rings is 1. The van der Waals surface area contributed by atoms with E-state index >= 15 is 0 Å². The fourth-order valence-corrected chi connectivity index (χ4v) is 1.97. The number of aromatic nitrogens is 2. The normalized spacial score (nSPS) is 11.1. The second-order valence-corrected chi connectivity index (χ2v) is 4.50. The van der Waals surface area contributed by atoms with Crippen LogP contribution in [-0.4, -0.2) is 9.38 Å². The van der Waals surface area contributed by atoms with Gasteiger partial charge in [-0.15, -0.1) is 0 Å². The highest BCUT2D eigenvalue weighted by molar-refractivity contribution is 6.33. The maximum atomic E-state index is 13.2. The topological polar surface area (TPSA) is 43.3 Å². The summed E-state index contributed by atoms with van der Waals surface area (Å²) in [7, 11) is 0. The zero-order valence-electron chi connectivity index (χ0n) is 9.57. The van der Waals surface area contributed by atoms with Crippen LogP contribution in [0.4, 0.5) is 14.5 Å². The van der Waals surface area contributed by atoms with Gasteiger partial charge < -0.3 is 10.1 Å². The lowest BCUT2D eigenvalue weighted by Crippen LogP contribution is -1.90. The van der Waals surface area contributed by atoms with Crippen molar-refractivity contribution in [1.29, 1.82) is 0 Å². The van der Waals surface area contributed by atoms with E-state index in [0.717, 1.165) is 12.1 Å². The Bertz CT molecular complexity index is 744. The second kappa shape index (κ2) is 4.20. The summed E-state index contributed by atoms with van der Waals surface area (Å²) in [5, 5.41) is 0.398. The van der Waals surface area contributed by atoms with Crippen LogP contribution >= 0.6 is 11.6 Å². The molecule has 0 aliphatic rings. The van der Waals surface area contributed by atoms with Crippen molar-refractivity contribution < 1.29 is 8.78 Å². The van der Waals surface area contributed by atoms with Crippen LogP contribution in [0.25, 0.3) is 16.9 Å². The van der Waals surface area contributed by atoms with Crippen molar-refractivity contribution in [3.8, 4) is 11.3 Å². The van der Waals surface area contributed by atoms with E-state index in [9.17, 15) is 8.78 Å². The lowest BCUT2D eigenvalue weighted by atomic mass is 10.1. The van der Waals surface area contributed by atoms with Gasteiger partial charge in [0.1, 0.15) is 5.65 Å². The first-order chi connectivity index (χ1) is 9.04. The van der Waals surface area contributed by atoms with Crippen LogP contribution in [0.5, 0.6) is 0 Å². The number of benzene rings is 1. The molecule has 6 heteroatoms. The SMILES string of the molecule is Nc1cn2cc(-c3ccc(F)c(F)c3)nc2cc1Cl. The van der Waals surface area contributed by atoms with Crippen molar-refractivity contribution in [2.24, 2.45) is 0 Å². The van der Waals surface area contributed by atoms with Gasteiger partial charge in [0.05, 0.1) is 16.4 Å². The molecule has 0 aliphatic heterocycles. The van der Waals surface area contributed by atoms with E-state index in [0.29, 0.717) is 27.6 Å². The fraction of sp³-hybridized carbons (Fsp3) is 0. The number of anilines is 1. The van der Waals surface area contributed by atoms with Crippen molar-refractivity contribution in [3.05, 3.63) is 53.3 Å². The molecule has 3 rings (SSSR count). The average molecular weight is 280 g/mol. The van der Waals surface area contributed by atoms with Crippen LogP contribution in [0.3, 0.4) is 0 Å². The summed E-state index contributed by atoms with van der Waals surface area (Å²) in [6.07, 6.45) is 3.29. The summed E-state index contributed by atoms with van der Waals surface area (Å²) < 4.78 is 27.8. The van der Waals surface area contributed by atoms with Crippen LogP contribution in [0, 0.1) is 11.6 Å². The molecule has 3 nitrogen and oxygen atoms in total. The molecule has 2 aromatic heterocycles. The standard InChI is InChI=1S/C13H8ClF2N3/c14-8-4-13-18-12(6-19(13)5-11(8)17)7-1-2-9(15)10(16)3-7/h1-6H,17H2. The van der Waals surface area contributed by atoms with Gasteiger partial charge in [-0.05, 0) is 18.2 Å². The maximum absolute atomic E-state index is 13.2. The van der Waals surface area contributed by atoms with E-state index < -0.39 is 11.6 Å². The minimum atomic E-state index is -0.910. The molecule has 0 bridgehead atoms. The first-order valence-corrected chi connectivity index (χ1v) is 5.81. The summed E-state index contributed by atoms with van der Waals surface area (Å²) in [6.45, 7) is 0. The lowest BCUT2D eigenvalue weighted by molar-refractivity contribution is 0.509. The third kappa shape index (κ3) is 2.02. The van der Waals surface area contributed by atoms with Crippen molar-refractivity contribution in [2.45, 2.75) is 0 Å². The predicted molar refractivity (Wildman–Crippen MR) is 70.0 cm³/mol. The molecule has 0 spiro atoms. The number of hydrogen-bond donors (Lipinski definition) is 1. The van der Waals surface area contributed by atoms with Gasteiger partial charge in [0.25, 0.3) is 0 Å². The number of fused-ring (bicyclic) bond motifs is 1. The van der Waals surface area contributed by atoms with Gasteiger partial charge in [-0.2, -0.15) is 0 Å². The van der Waals surface area contributed by atoms with Crippen LogP contribution < -0.4 is 5.73 Å². The Morgan fingerprint density at radius 1 is 1.11 bits per heavy atom. The smallest absolute Gasteiger partial charge is 0.159 e. The quantitative estimate of drug-likeness (QED) is 0.741. The third-order valence-corrected chi connectivity index (χ3v) is 3.11. The Morgan fingerprint density at radius 2 is 1.89 bits per heavy atom. The molecule has 0 fully saturated rings. The van der Waals surface area contributed by atoms with Crippen LogP contribution in [-0.2, 0) is 0 Å². The largest absolute Gasteiger partial charge is 0.396 e. The van der Waals surface area contributed by atoms with Crippen LogP contribution in [0.2, 0.25) is 5.02 Å². The number of halogens is 3. The van der Waals surface area contributed by atoms with E-state index in [1.807, 2.05) is 0 Å². The molecule has 0 atom stereocenters.